The Bertz CT molecular complexity index is 870. The molecule has 5 heteroatoms. The van der Waals surface area contributed by atoms with Crippen molar-refractivity contribution in [1.29, 1.82) is 5.26 Å². The van der Waals surface area contributed by atoms with E-state index in [2.05, 4.69) is 6.07 Å². The molecular weight excluding hydrogens is 280 g/mol. The van der Waals surface area contributed by atoms with Gasteiger partial charge in [0.15, 0.2) is 0 Å². The smallest absolute Gasteiger partial charge is 0.314 e. The molecule has 1 aromatic heterocycles. The largest absolute Gasteiger partial charge is 0.481 e. The molecule has 22 heavy (non-hydrogen) atoms. The van der Waals surface area contributed by atoms with Crippen molar-refractivity contribution in [3.63, 3.8) is 0 Å². The summed E-state index contributed by atoms with van der Waals surface area (Å²) in [5.41, 5.74) is -0.109. The molecule has 3 rings (SSSR count). The Morgan fingerprint density at radius 2 is 2.18 bits per heavy atom. The number of fused-ring (bicyclic) bond motifs is 1. The molecule has 0 fully saturated rings. The van der Waals surface area contributed by atoms with E-state index in [0.717, 1.165) is 10.9 Å². The fraction of sp³-hybridized carbons (Fsp3) is 0.176. The van der Waals surface area contributed by atoms with Gasteiger partial charge in [-0.25, -0.2) is 0 Å². The molecule has 0 spiro atoms. The Morgan fingerprint density at radius 3 is 2.86 bits per heavy atom. The Kier molecular flexibility index (Phi) is 3.12. The molecule has 2 unspecified atom stereocenters. The van der Waals surface area contributed by atoms with E-state index in [1.54, 1.807) is 24.3 Å². The second kappa shape index (κ2) is 4.86. The predicted octanol–water partition coefficient (Wildman–Crippen LogP) is 2.06. The van der Waals surface area contributed by atoms with Crippen LogP contribution in [0.3, 0.4) is 0 Å². The van der Waals surface area contributed by atoms with E-state index in [1.807, 2.05) is 23.9 Å². The van der Waals surface area contributed by atoms with Crippen molar-refractivity contribution in [3.05, 3.63) is 59.8 Å². The minimum absolute atomic E-state index is 0.379. The predicted molar refractivity (Wildman–Crippen MR) is 80.9 cm³/mol. The number of hydrogen-bond donors (Lipinski definition) is 2. The second-order valence-corrected chi connectivity index (χ2v) is 5.38. The van der Waals surface area contributed by atoms with Crippen LogP contribution in [0, 0.1) is 17.2 Å². The number of rotatable bonds is 2. The van der Waals surface area contributed by atoms with E-state index in [4.69, 9.17) is 0 Å². The van der Waals surface area contributed by atoms with Gasteiger partial charge in [-0.1, -0.05) is 18.2 Å². The van der Waals surface area contributed by atoms with Crippen molar-refractivity contribution in [2.24, 2.45) is 13.0 Å². The quantitative estimate of drug-likeness (QED) is 0.887. The van der Waals surface area contributed by atoms with Gasteiger partial charge >= 0.3 is 5.97 Å². The minimum atomic E-state index is -1.69. The standard InChI is InChI=1S/C17H14N2O3/c1-19-7-5-12-14(8-11(10-18)9-15(12)19)17(22)6-3-2-4-13(17)16(20)21/h2-9,13,22H,1H3,(H,20,21). The summed E-state index contributed by atoms with van der Waals surface area (Å²) in [6, 6.07) is 7.16. The maximum absolute atomic E-state index is 11.5. The number of carbonyl (C=O) groups is 1. The number of aromatic nitrogens is 1. The fourth-order valence-corrected chi connectivity index (χ4v) is 2.92. The van der Waals surface area contributed by atoms with Gasteiger partial charge in [0.1, 0.15) is 11.5 Å². The van der Waals surface area contributed by atoms with Crippen LogP contribution in [0.15, 0.2) is 48.7 Å². The van der Waals surface area contributed by atoms with Crippen LogP contribution in [-0.4, -0.2) is 20.7 Å². The zero-order chi connectivity index (χ0) is 15.9. The molecule has 1 heterocycles. The average molecular weight is 294 g/mol. The maximum atomic E-state index is 11.5. The van der Waals surface area contributed by atoms with Crippen LogP contribution in [0.1, 0.15) is 11.1 Å². The number of carboxylic acids is 1. The maximum Gasteiger partial charge on any atom is 0.314 e. The van der Waals surface area contributed by atoms with Crippen LogP contribution < -0.4 is 0 Å². The van der Waals surface area contributed by atoms with Gasteiger partial charge in [0, 0.05) is 24.1 Å². The number of nitrogens with zero attached hydrogens (tertiary/aromatic N) is 2. The van der Waals surface area contributed by atoms with Crippen molar-refractivity contribution < 1.29 is 15.0 Å². The summed E-state index contributed by atoms with van der Waals surface area (Å²) in [5.74, 6) is -2.22. The highest BCUT2D eigenvalue weighted by atomic mass is 16.4. The summed E-state index contributed by atoms with van der Waals surface area (Å²) in [4.78, 5) is 11.5. The van der Waals surface area contributed by atoms with Gasteiger partial charge in [-0.15, -0.1) is 0 Å². The lowest BCUT2D eigenvalue weighted by molar-refractivity contribution is -0.146. The van der Waals surface area contributed by atoms with Gasteiger partial charge in [-0.05, 0) is 29.8 Å². The van der Waals surface area contributed by atoms with Crippen LogP contribution in [0.2, 0.25) is 0 Å². The first kappa shape index (κ1) is 14.1. The SMILES string of the molecule is Cn1ccc2c(C3(O)C=CC=CC3C(=O)O)cc(C#N)cc21. The first-order valence-corrected chi connectivity index (χ1v) is 6.78. The highest BCUT2D eigenvalue weighted by Gasteiger charge is 2.42. The number of carboxylic acid groups (broad SMARTS) is 1. The number of allylic oxidation sites excluding steroid dienone is 2. The normalized spacial score (nSPS) is 23.6. The molecule has 1 aromatic carbocycles. The van der Waals surface area contributed by atoms with Gasteiger partial charge < -0.3 is 14.8 Å². The molecule has 2 N–H and O–H groups in total. The third-order valence-corrected chi connectivity index (χ3v) is 4.07. The van der Waals surface area contributed by atoms with Crippen molar-refractivity contribution in [2.45, 2.75) is 5.60 Å². The summed E-state index contributed by atoms with van der Waals surface area (Å²) >= 11 is 0. The average Bonchev–Trinajstić information content (AvgIpc) is 2.87. The molecule has 0 saturated carbocycles. The van der Waals surface area contributed by atoms with Crippen LogP contribution in [0.5, 0.6) is 0 Å². The topological polar surface area (TPSA) is 86.2 Å². The third-order valence-electron chi connectivity index (χ3n) is 4.07. The summed E-state index contributed by atoms with van der Waals surface area (Å²) in [6.07, 6.45) is 7.96. The van der Waals surface area contributed by atoms with Crippen molar-refractivity contribution in [3.8, 4) is 6.07 Å². The molecule has 110 valence electrons. The van der Waals surface area contributed by atoms with Crippen LogP contribution in [0.25, 0.3) is 10.9 Å². The van der Waals surface area contributed by atoms with E-state index in [1.165, 1.54) is 12.2 Å². The van der Waals surface area contributed by atoms with Gasteiger partial charge in [0.05, 0.1) is 11.6 Å². The van der Waals surface area contributed by atoms with Gasteiger partial charge in [-0.3, -0.25) is 4.79 Å². The van der Waals surface area contributed by atoms with Gasteiger partial charge in [-0.2, -0.15) is 5.26 Å². The Hall–Kier alpha value is -2.84. The molecule has 1 aliphatic carbocycles. The molecule has 5 nitrogen and oxygen atoms in total. The number of nitriles is 1. The first-order valence-electron chi connectivity index (χ1n) is 6.78. The van der Waals surface area contributed by atoms with Gasteiger partial charge in [0.2, 0.25) is 0 Å². The van der Waals surface area contributed by atoms with Crippen LogP contribution >= 0.6 is 0 Å². The summed E-state index contributed by atoms with van der Waals surface area (Å²) < 4.78 is 1.83. The fourth-order valence-electron chi connectivity index (χ4n) is 2.92. The van der Waals surface area contributed by atoms with Crippen molar-refractivity contribution >= 4 is 16.9 Å². The number of aryl methyl sites for hydroxylation is 1. The minimum Gasteiger partial charge on any atom is -0.481 e. The lowest BCUT2D eigenvalue weighted by Gasteiger charge is -2.32. The van der Waals surface area contributed by atoms with Crippen molar-refractivity contribution in [1.82, 2.24) is 4.57 Å². The van der Waals surface area contributed by atoms with Crippen LogP contribution in [0.4, 0.5) is 0 Å². The molecule has 2 aromatic rings. The Morgan fingerprint density at radius 1 is 1.41 bits per heavy atom. The first-order chi connectivity index (χ1) is 10.5. The molecule has 2 atom stereocenters. The molecule has 0 radical (unpaired) electrons. The van der Waals surface area contributed by atoms with E-state index >= 15 is 0 Å². The number of aliphatic hydroxyl groups is 1. The van der Waals surface area contributed by atoms with E-state index in [0.29, 0.717) is 11.1 Å². The summed E-state index contributed by atoms with van der Waals surface area (Å²) in [7, 11) is 1.84. The summed E-state index contributed by atoms with van der Waals surface area (Å²) in [6.45, 7) is 0. The highest BCUT2D eigenvalue weighted by molar-refractivity contribution is 5.88. The molecule has 0 amide bonds. The van der Waals surface area contributed by atoms with Gasteiger partial charge in [0.25, 0.3) is 0 Å². The number of hydrogen-bond acceptors (Lipinski definition) is 3. The van der Waals surface area contributed by atoms with Crippen molar-refractivity contribution in [2.75, 3.05) is 0 Å². The van der Waals surface area contributed by atoms with E-state index in [9.17, 15) is 20.3 Å². The third kappa shape index (κ3) is 1.93. The summed E-state index contributed by atoms with van der Waals surface area (Å²) in [5, 5.41) is 30.4. The second-order valence-electron chi connectivity index (χ2n) is 5.38. The Balaban J connectivity index is 2.33. The zero-order valence-electron chi connectivity index (χ0n) is 11.9. The number of aliphatic carboxylic acids is 1. The molecule has 1 aliphatic rings. The number of benzene rings is 1. The highest BCUT2D eigenvalue weighted by Crippen LogP contribution is 2.39. The van der Waals surface area contributed by atoms with E-state index in [-0.39, 0.29) is 0 Å². The van der Waals surface area contributed by atoms with E-state index < -0.39 is 17.5 Å². The Labute approximate surface area is 127 Å². The molecule has 0 aliphatic heterocycles. The lowest BCUT2D eigenvalue weighted by atomic mass is 9.77. The molecular formula is C17H14N2O3. The zero-order valence-corrected chi connectivity index (χ0v) is 11.9. The van der Waals surface area contributed by atoms with Crippen LogP contribution in [-0.2, 0) is 17.4 Å². The molecule has 0 saturated heterocycles. The molecule has 0 bridgehead atoms. The lowest BCUT2D eigenvalue weighted by Crippen LogP contribution is -2.38. The monoisotopic (exact) mass is 294 g/mol.